The Morgan fingerprint density at radius 1 is 1.75 bits per heavy atom. The Hall–Kier alpha value is -0.790. The van der Waals surface area contributed by atoms with E-state index in [4.69, 9.17) is 0 Å². The van der Waals surface area contributed by atoms with Crippen LogP contribution in [0.4, 0.5) is 0 Å². The van der Waals surface area contributed by atoms with E-state index < -0.39 is 0 Å². The molecule has 0 aromatic heterocycles. The van der Waals surface area contributed by atoms with Crippen molar-refractivity contribution in [2.24, 2.45) is 0 Å². The molecule has 0 radical (unpaired) electrons. The second-order valence-electron chi connectivity index (χ2n) is 1.40. The number of rotatable bonds is 3. The summed E-state index contributed by atoms with van der Waals surface area (Å²) in [6, 6.07) is 0. The first kappa shape index (κ1) is 7.21. The summed E-state index contributed by atoms with van der Waals surface area (Å²) in [5.41, 5.74) is 0.688. The second-order valence-corrected chi connectivity index (χ2v) is 1.40. The van der Waals surface area contributed by atoms with E-state index in [2.05, 4.69) is 4.74 Å². The molecule has 46 valence electrons. The van der Waals surface area contributed by atoms with Gasteiger partial charge < -0.3 is 4.74 Å². The highest BCUT2D eigenvalue weighted by Crippen LogP contribution is 1.93. The van der Waals surface area contributed by atoms with Crippen LogP contribution in [0.5, 0.6) is 0 Å². The van der Waals surface area contributed by atoms with Gasteiger partial charge in [-0.05, 0) is 6.42 Å². The van der Waals surface area contributed by atoms with E-state index in [0.29, 0.717) is 5.57 Å². The van der Waals surface area contributed by atoms with Crippen molar-refractivity contribution in [1.29, 1.82) is 0 Å². The van der Waals surface area contributed by atoms with Crippen LogP contribution in [0.3, 0.4) is 0 Å². The van der Waals surface area contributed by atoms with Crippen LogP contribution in [0.25, 0.3) is 0 Å². The third-order valence-electron chi connectivity index (χ3n) is 0.829. The zero-order valence-corrected chi connectivity index (χ0v) is 5.18. The van der Waals surface area contributed by atoms with Crippen molar-refractivity contribution in [1.82, 2.24) is 0 Å². The highest BCUT2D eigenvalue weighted by atomic mass is 16.5. The number of carbonyl (C=O) groups is 1. The van der Waals surface area contributed by atoms with Crippen LogP contribution in [0.1, 0.15) is 13.3 Å². The van der Waals surface area contributed by atoms with Gasteiger partial charge in [0.2, 0.25) is 0 Å². The Balaban J connectivity index is 3.66. The molecular weight excluding hydrogens is 104 g/mol. The predicted octanol–water partition coefficient (Wildman–Crippen LogP) is 1.13. The number of hydrogen-bond donors (Lipinski definition) is 0. The number of methoxy groups -OCH3 is 1. The Kier molecular flexibility index (Phi) is 3.94. The number of allylic oxidation sites excluding steroid dienone is 1. The van der Waals surface area contributed by atoms with Gasteiger partial charge in [-0.15, -0.1) is 0 Å². The summed E-state index contributed by atoms with van der Waals surface area (Å²) < 4.78 is 4.59. The van der Waals surface area contributed by atoms with E-state index in [1.165, 1.54) is 13.4 Å². The molecule has 0 spiro atoms. The number of carbonyl (C=O) groups excluding carboxylic acids is 1. The molecule has 0 heterocycles. The lowest BCUT2D eigenvalue weighted by atomic mass is 10.3. The van der Waals surface area contributed by atoms with Crippen molar-refractivity contribution in [3.8, 4) is 0 Å². The molecule has 2 nitrogen and oxygen atoms in total. The first-order valence-corrected chi connectivity index (χ1v) is 2.52. The van der Waals surface area contributed by atoms with Gasteiger partial charge in [0.15, 0.2) is 0 Å². The molecular formula is C6H10O2. The minimum absolute atomic E-state index is 0.688. The highest BCUT2D eigenvalue weighted by molar-refractivity contribution is 5.72. The molecule has 0 amide bonds. The predicted molar refractivity (Wildman–Crippen MR) is 31.4 cm³/mol. The topological polar surface area (TPSA) is 26.3 Å². The molecule has 0 unspecified atom stereocenters. The van der Waals surface area contributed by atoms with Crippen LogP contribution in [0, 0.1) is 0 Å². The van der Waals surface area contributed by atoms with Gasteiger partial charge in [-0.1, -0.05) is 6.92 Å². The molecule has 0 atom stereocenters. The van der Waals surface area contributed by atoms with Gasteiger partial charge in [0.1, 0.15) is 6.29 Å². The second kappa shape index (κ2) is 4.37. The van der Waals surface area contributed by atoms with E-state index in [-0.39, 0.29) is 0 Å². The standard InChI is InChI=1S/C6H10O2/c1-3-6(4-7)5-8-2/h4-5H,3H2,1-2H3/b6-5-. The van der Waals surface area contributed by atoms with Gasteiger partial charge in [-0.2, -0.15) is 0 Å². The third kappa shape index (κ3) is 2.39. The van der Waals surface area contributed by atoms with Crippen molar-refractivity contribution < 1.29 is 9.53 Å². The van der Waals surface area contributed by atoms with Crippen molar-refractivity contribution >= 4 is 6.29 Å². The maximum atomic E-state index is 9.98. The fourth-order valence-corrected chi connectivity index (χ4v) is 0.346. The van der Waals surface area contributed by atoms with Gasteiger partial charge in [-0.25, -0.2) is 0 Å². The molecule has 2 heteroatoms. The summed E-state index contributed by atoms with van der Waals surface area (Å²) >= 11 is 0. The first-order chi connectivity index (χ1) is 3.85. The zero-order chi connectivity index (χ0) is 6.41. The summed E-state index contributed by atoms with van der Waals surface area (Å²) in [7, 11) is 1.53. The minimum atomic E-state index is 0.688. The van der Waals surface area contributed by atoms with E-state index >= 15 is 0 Å². The van der Waals surface area contributed by atoms with Crippen molar-refractivity contribution in [2.75, 3.05) is 7.11 Å². The number of aldehydes is 1. The van der Waals surface area contributed by atoms with Crippen molar-refractivity contribution in [3.63, 3.8) is 0 Å². The summed E-state index contributed by atoms with van der Waals surface area (Å²) in [6.45, 7) is 1.90. The molecule has 0 saturated heterocycles. The zero-order valence-electron chi connectivity index (χ0n) is 5.18. The Bertz CT molecular complexity index is 94.7. The van der Waals surface area contributed by atoms with Crippen LogP contribution < -0.4 is 0 Å². The van der Waals surface area contributed by atoms with Crippen molar-refractivity contribution in [3.05, 3.63) is 11.8 Å². The van der Waals surface area contributed by atoms with Gasteiger partial charge in [0, 0.05) is 5.57 Å². The minimum Gasteiger partial charge on any atom is -0.504 e. The monoisotopic (exact) mass is 114 g/mol. The molecule has 0 aromatic carbocycles. The Morgan fingerprint density at radius 3 is 2.50 bits per heavy atom. The molecule has 0 aromatic rings. The number of hydrogen-bond acceptors (Lipinski definition) is 2. The SMILES string of the molecule is CC/C(C=O)=C/OC. The van der Waals surface area contributed by atoms with Crippen LogP contribution in [-0.2, 0) is 9.53 Å². The third-order valence-corrected chi connectivity index (χ3v) is 0.829. The average Bonchev–Trinajstić information content (AvgIpc) is 1.83. The van der Waals surface area contributed by atoms with Crippen LogP contribution in [0.15, 0.2) is 11.8 Å². The highest BCUT2D eigenvalue weighted by Gasteiger charge is 1.86. The van der Waals surface area contributed by atoms with Crippen molar-refractivity contribution in [2.45, 2.75) is 13.3 Å². The van der Waals surface area contributed by atoms with Gasteiger partial charge in [0.25, 0.3) is 0 Å². The molecule has 0 saturated carbocycles. The summed E-state index contributed by atoms with van der Waals surface area (Å²) in [5.74, 6) is 0. The van der Waals surface area contributed by atoms with E-state index in [1.54, 1.807) is 0 Å². The fourth-order valence-electron chi connectivity index (χ4n) is 0.346. The molecule has 0 bridgehead atoms. The Morgan fingerprint density at radius 2 is 2.38 bits per heavy atom. The lowest BCUT2D eigenvalue weighted by molar-refractivity contribution is -0.105. The van der Waals surface area contributed by atoms with E-state index in [9.17, 15) is 4.79 Å². The maximum Gasteiger partial charge on any atom is 0.149 e. The molecule has 0 aliphatic heterocycles. The van der Waals surface area contributed by atoms with E-state index in [1.807, 2.05) is 6.92 Å². The molecule has 0 N–H and O–H groups in total. The molecule has 0 aliphatic rings. The van der Waals surface area contributed by atoms with Crippen LogP contribution in [0.2, 0.25) is 0 Å². The first-order valence-electron chi connectivity index (χ1n) is 2.52. The smallest absolute Gasteiger partial charge is 0.149 e. The largest absolute Gasteiger partial charge is 0.504 e. The van der Waals surface area contributed by atoms with Gasteiger partial charge >= 0.3 is 0 Å². The van der Waals surface area contributed by atoms with E-state index in [0.717, 1.165) is 12.7 Å². The maximum absolute atomic E-state index is 9.98. The van der Waals surface area contributed by atoms with Crippen LogP contribution in [-0.4, -0.2) is 13.4 Å². The lowest BCUT2D eigenvalue weighted by Crippen LogP contribution is -1.81. The normalized spacial score (nSPS) is 11.0. The molecule has 0 rings (SSSR count). The fraction of sp³-hybridized carbons (Fsp3) is 0.500. The quantitative estimate of drug-likeness (QED) is 0.312. The number of ether oxygens (including phenoxy) is 1. The summed E-state index contributed by atoms with van der Waals surface area (Å²) in [5, 5.41) is 0. The van der Waals surface area contributed by atoms with Gasteiger partial charge in [0.05, 0.1) is 13.4 Å². The summed E-state index contributed by atoms with van der Waals surface area (Å²) in [4.78, 5) is 9.98. The Labute approximate surface area is 49.1 Å². The summed E-state index contributed by atoms with van der Waals surface area (Å²) in [6.07, 6.45) is 2.98. The molecule has 8 heavy (non-hydrogen) atoms. The average molecular weight is 114 g/mol. The van der Waals surface area contributed by atoms with Gasteiger partial charge in [-0.3, -0.25) is 4.79 Å². The molecule has 0 aliphatic carbocycles. The molecule has 0 fully saturated rings. The lowest BCUT2D eigenvalue weighted by Gasteiger charge is -1.89. The van der Waals surface area contributed by atoms with Crippen LogP contribution >= 0.6 is 0 Å².